The van der Waals surface area contributed by atoms with E-state index in [1.54, 1.807) is 26.4 Å². The Balaban J connectivity index is 1.47. The highest BCUT2D eigenvalue weighted by Crippen LogP contribution is 2.28. The molecule has 2 aromatic carbocycles. The first-order valence-corrected chi connectivity index (χ1v) is 10.4. The van der Waals surface area contributed by atoms with E-state index in [0.29, 0.717) is 5.92 Å². The fourth-order valence-electron chi connectivity index (χ4n) is 4.24. The van der Waals surface area contributed by atoms with E-state index < -0.39 is 0 Å². The van der Waals surface area contributed by atoms with Crippen LogP contribution in [0.2, 0.25) is 0 Å². The molecule has 1 aliphatic heterocycles. The van der Waals surface area contributed by atoms with Gasteiger partial charge in [-0.2, -0.15) is 0 Å². The highest BCUT2D eigenvalue weighted by molar-refractivity contribution is 5.42. The number of halogens is 1. The van der Waals surface area contributed by atoms with Crippen molar-refractivity contribution in [2.24, 2.45) is 5.92 Å². The third-order valence-electron chi connectivity index (χ3n) is 5.70. The van der Waals surface area contributed by atoms with Crippen molar-refractivity contribution in [3.8, 4) is 11.5 Å². The molecule has 158 valence electrons. The van der Waals surface area contributed by atoms with Crippen molar-refractivity contribution >= 4 is 0 Å². The summed E-state index contributed by atoms with van der Waals surface area (Å²) in [5, 5.41) is 0. The molecule has 0 radical (unpaired) electrons. The Morgan fingerprint density at radius 1 is 1.03 bits per heavy atom. The molecule has 4 nitrogen and oxygen atoms in total. The normalized spacial score (nSPS) is 17.5. The molecule has 1 atom stereocenters. The SMILES string of the molecule is COc1ccc(CN(C)C[C@@H]2CCCN(CCc3ccc(F)cc3)C2)cc1OC. The van der Waals surface area contributed by atoms with Gasteiger partial charge in [0.1, 0.15) is 5.82 Å². The van der Waals surface area contributed by atoms with E-state index in [0.717, 1.165) is 50.6 Å². The molecular formula is C24H33FN2O2. The lowest BCUT2D eigenvalue weighted by Crippen LogP contribution is -2.40. The average Bonchev–Trinajstić information content (AvgIpc) is 2.73. The molecule has 0 unspecified atom stereocenters. The van der Waals surface area contributed by atoms with Gasteiger partial charge in [-0.3, -0.25) is 0 Å². The van der Waals surface area contributed by atoms with Crippen molar-refractivity contribution in [2.45, 2.75) is 25.8 Å². The van der Waals surface area contributed by atoms with Crippen LogP contribution in [-0.2, 0) is 13.0 Å². The molecule has 0 N–H and O–H groups in total. The van der Waals surface area contributed by atoms with Gasteiger partial charge in [-0.1, -0.05) is 18.2 Å². The van der Waals surface area contributed by atoms with Gasteiger partial charge in [0.25, 0.3) is 0 Å². The Hall–Kier alpha value is -2.11. The lowest BCUT2D eigenvalue weighted by molar-refractivity contribution is 0.142. The van der Waals surface area contributed by atoms with Gasteiger partial charge >= 0.3 is 0 Å². The van der Waals surface area contributed by atoms with E-state index in [2.05, 4.69) is 29.0 Å². The van der Waals surface area contributed by atoms with Crippen LogP contribution in [0, 0.1) is 11.7 Å². The van der Waals surface area contributed by atoms with Gasteiger partial charge in [0, 0.05) is 26.2 Å². The maximum absolute atomic E-state index is 13.1. The standard InChI is InChI=1S/C24H33FN2O2/c1-26(16-20-8-11-23(28-2)24(15-20)29-3)17-21-5-4-13-27(18-21)14-12-19-6-9-22(25)10-7-19/h6-11,15,21H,4-5,12-14,16-18H2,1-3H3/t21-/m0/s1. The minimum absolute atomic E-state index is 0.163. The average molecular weight is 401 g/mol. The second-order valence-corrected chi connectivity index (χ2v) is 8.07. The van der Waals surface area contributed by atoms with Crippen LogP contribution in [0.25, 0.3) is 0 Å². The molecule has 1 heterocycles. The van der Waals surface area contributed by atoms with Crippen molar-refractivity contribution in [3.63, 3.8) is 0 Å². The molecule has 0 aromatic heterocycles. The maximum atomic E-state index is 13.1. The summed E-state index contributed by atoms with van der Waals surface area (Å²) in [7, 11) is 5.52. The summed E-state index contributed by atoms with van der Waals surface area (Å²) < 4.78 is 23.8. The van der Waals surface area contributed by atoms with Crippen molar-refractivity contribution in [1.29, 1.82) is 0 Å². The molecule has 2 aromatic rings. The number of hydrogen-bond acceptors (Lipinski definition) is 4. The van der Waals surface area contributed by atoms with Gasteiger partial charge in [0.2, 0.25) is 0 Å². The first kappa shape index (κ1) is 21.6. The molecule has 0 bridgehead atoms. The van der Waals surface area contributed by atoms with Gasteiger partial charge in [-0.25, -0.2) is 4.39 Å². The monoisotopic (exact) mass is 400 g/mol. The Labute approximate surface area is 174 Å². The zero-order valence-corrected chi connectivity index (χ0v) is 17.9. The predicted molar refractivity (Wildman–Crippen MR) is 115 cm³/mol. The van der Waals surface area contributed by atoms with Gasteiger partial charge < -0.3 is 19.3 Å². The summed E-state index contributed by atoms with van der Waals surface area (Å²) in [6.45, 7) is 5.32. The van der Waals surface area contributed by atoms with Gasteiger partial charge in [-0.05, 0) is 74.2 Å². The third-order valence-corrected chi connectivity index (χ3v) is 5.70. The lowest BCUT2D eigenvalue weighted by Gasteiger charge is -2.34. The van der Waals surface area contributed by atoms with E-state index in [4.69, 9.17) is 9.47 Å². The summed E-state index contributed by atoms with van der Waals surface area (Å²) in [5.74, 6) is 2.07. The lowest BCUT2D eigenvalue weighted by atomic mass is 9.97. The molecule has 1 saturated heterocycles. The van der Waals surface area contributed by atoms with Crippen LogP contribution in [0.4, 0.5) is 4.39 Å². The Kier molecular flexibility index (Phi) is 7.90. The minimum atomic E-state index is -0.163. The van der Waals surface area contributed by atoms with Crippen LogP contribution < -0.4 is 9.47 Å². The quantitative estimate of drug-likeness (QED) is 0.629. The molecule has 1 aliphatic rings. The van der Waals surface area contributed by atoms with E-state index in [9.17, 15) is 4.39 Å². The minimum Gasteiger partial charge on any atom is -0.493 e. The molecule has 3 rings (SSSR count). The molecule has 0 amide bonds. The number of piperidine rings is 1. The highest BCUT2D eigenvalue weighted by atomic mass is 19.1. The van der Waals surface area contributed by atoms with Crippen LogP contribution in [0.1, 0.15) is 24.0 Å². The van der Waals surface area contributed by atoms with Crippen molar-refractivity contribution in [2.75, 3.05) is 47.4 Å². The summed E-state index contributed by atoms with van der Waals surface area (Å²) >= 11 is 0. The molecule has 5 heteroatoms. The van der Waals surface area contributed by atoms with Crippen LogP contribution >= 0.6 is 0 Å². The van der Waals surface area contributed by atoms with Crippen molar-refractivity contribution in [1.82, 2.24) is 9.80 Å². The Bertz CT molecular complexity index is 766. The van der Waals surface area contributed by atoms with Crippen LogP contribution in [-0.4, -0.2) is 57.2 Å². The first-order valence-electron chi connectivity index (χ1n) is 10.4. The molecule has 0 aliphatic carbocycles. The largest absolute Gasteiger partial charge is 0.493 e. The smallest absolute Gasteiger partial charge is 0.161 e. The summed E-state index contributed by atoms with van der Waals surface area (Å²) in [6.07, 6.45) is 3.51. The third kappa shape index (κ3) is 6.44. The molecular weight excluding hydrogens is 367 g/mol. The molecule has 1 fully saturated rings. The fraction of sp³-hybridized carbons (Fsp3) is 0.500. The van der Waals surface area contributed by atoms with Gasteiger partial charge in [0.15, 0.2) is 11.5 Å². The summed E-state index contributed by atoms with van der Waals surface area (Å²) in [6, 6.07) is 13.0. The van der Waals surface area contributed by atoms with E-state index in [1.165, 1.54) is 24.0 Å². The highest BCUT2D eigenvalue weighted by Gasteiger charge is 2.21. The number of ether oxygens (including phenoxy) is 2. The number of benzene rings is 2. The molecule has 0 spiro atoms. The zero-order valence-electron chi connectivity index (χ0n) is 17.9. The topological polar surface area (TPSA) is 24.9 Å². The van der Waals surface area contributed by atoms with Crippen LogP contribution in [0.3, 0.4) is 0 Å². The summed E-state index contributed by atoms with van der Waals surface area (Å²) in [5.41, 5.74) is 2.44. The summed E-state index contributed by atoms with van der Waals surface area (Å²) in [4.78, 5) is 4.96. The van der Waals surface area contributed by atoms with E-state index in [-0.39, 0.29) is 5.82 Å². The van der Waals surface area contributed by atoms with E-state index in [1.807, 2.05) is 18.2 Å². The molecule has 0 saturated carbocycles. The van der Waals surface area contributed by atoms with Crippen LogP contribution in [0.5, 0.6) is 11.5 Å². The van der Waals surface area contributed by atoms with Crippen molar-refractivity contribution < 1.29 is 13.9 Å². The predicted octanol–water partition coefficient (Wildman–Crippen LogP) is 4.23. The number of methoxy groups -OCH3 is 2. The maximum Gasteiger partial charge on any atom is 0.161 e. The number of likely N-dealkylation sites (tertiary alicyclic amines) is 1. The fourth-order valence-corrected chi connectivity index (χ4v) is 4.24. The van der Waals surface area contributed by atoms with E-state index >= 15 is 0 Å². The first-order chi connectivity index (χ1) is 14.1. The van der Waals surface area contributed by atoms with Gasteiger partial charge in [0.05, 0.1) is 14.2 Å². The van der Waals surface area contributed by atoms with Crippen molar-refractivity contribution in [3.05, 3.63) is 59.4 Å². The zero-order chi connectivity index (χ0) is 20.6. The number of nitrogens with zero attached hydrogens (tertiary/aromatic N) is 2. The number of hydrogen-bond donors (Lipinski definition) is 0. The van der Waals surface area contributed by atoms with Crippen LogP contribution in [0.15, 0.2) is 42.5 Å². The van der Waals surface area contributed by atoms with Gasteiger partial charge in [-0.15, -0.1) is 0 Å². The number of rotatable bonds is 9. The Morgan fingerprint density at radius 3 is 2.48 bits per heavy atom. The second kappa shape index (κ2) is 10.6. The second-order valence-electron chi connectivity index (χ2n) is 8.07. The Morgan fingerprint density at radius 2 is 1.76 bits per heavy atom. The molecule has 29 heavy (non-hydrogen) atoms.